The molecule has 1 aliphatic rings. The Labute approximate surface area is 156 Å². The summed E-state index contributed by atoms with van der Waals surface area (Å²) in [6, 6.07) is 18.3. The maximum Gasteiger partial charge on any atom is 0.227 e. The maximum absolute atomic E-state index is 12.9. The highest BCUT2D eigenvalue weighted by Gasteiger charge is 2.37. The second-order valence-electron chi connectivity index (χ2n) is 7.22. The van der Waals surface area contributed by atoms with E-state index in [1.165, 1.54) is 5.56 Å². The Morgan fingerprint density at radius 2 is 1.73 bits per heavy atom. The van der Waals surface area contributed by atoms with E-state index in [0.717, 1.165) is 24.2 Å². The monoisotopic (exact) mass is 352 g/mol. The molecular formula is C22H28N2O2. The van der Waals surface area contributed by atoms with Crippen LogP contribution >= 0.6 is 0 Å². The zero-order chi connectivity index (χ0) is 18.5. The molecule has 26 heavy (non-hydrogen) atoms. The Morgan fingerprint density at radius 1 is 1.08 bits per heavy atom. The molecule has 1 aliphatic carbocycles. The fourth-order valence-electron chi connectivity index (χ4n) is 3.46. The summed E-state index contributed by atoms with van der Waals surface area (Å²) in [4.78, 5) is 15.1. The number of carbonyl (C=O) groups is 1. The van der Waals surface area contributed by atoms with Crippen molar-refractivity contribution in [2.75, 3.05) is 27.7 Å². The van der Waals surface area contributed by atoms with E-state index < -0.39 is 0 Å². The van der Waals surface area contributed by atoms with E-state index in [4.69, 9.17) is 4.74 Å². The first-order valence-corrected chi connectivity index (χ1v) is 9.23. The quantitative estimate of drug-likeness (QED) is 0.789. The summed E-state index contributed by atoms with van der Waals surface area (Å²) in [5.41, 5.74) is 2.29. The summed E-state index contributed by atoms with van der Waals surface area (Å²) in [6.07, 6.45) is 2.28. The number of hydrogen-bond donors (Lipinski definition) is 1. The summed E-state index contributed by atoms with van der Waals surface area (Å²) in [7, 11) is 5.74. The molecule has 1 saturated carbocycles. The van der Waals surface area contributed by atoms with Gasteiger partial charge in [0.05, 0.1) is 19.1 Å². The van der Waals surface area contributed by atoms with Crippen molar-refractivity contribution in [1.29, 1.82) is 0 Å². The standard InChI is InChI=1S/C22H28N2O2/c1-24(2)20(16-11-13-19(26-3)14-12-16)15-23-22(25)21(18-9-10-18)17-7-5-4-6-8-17/h4-8,11-14,18,20-21H,9-10,15H2,1-3H3,(H,23,25). The van der Waals surface area contributed by atoms with E-state index in [1.54, 1.807) is 7.11 Å². The number of likely N-dealkylation sites (N-methyl/N-ethyl adjacent to an activating group) is 1. The Kier molecular flexibility index (Phi) is 5.94. The van der Waals surface area contributed by atoms with E-state index in [2.05, 4.69) is 34.5 Å². The van der Waals surface area contributed by atoms with Crippen LogP contribution in [0.5, 0.6) is 5.75 Å². The average Bonchev–Trinajstić information content (AvgIpc) is 3.48. The highest BCUT2D eigenvalue weighted by molar-refractivity contribution is 5.84. The maximum atomic E-state index is 12.9. The molecule has 0 radical (unpaired) electrons. The first kappa shape index (κ1) is 18.5. The van der Waals surface area contributed by atoms with Crippen LogP contribution in [0.3, 0.4) is 0 Å². The molecule has 2 atom stereocenters. The van der Waals surface area contributed by atoms with E-state index in [-0.39, 0.29) is 17.9 Å². The summed E-state index contributed by atoms with van der Waals surface area (Å²) in [5.74, 6) is 1.43. The van der Waals surface area contributed by atoms with Gasteiger partial charge >= 0.3 is 0 Å². The van der Waals surface area contributed by atoms with Gasteiger partial charge in [0.1, 0.15) is 5.75 Å². The number of amides is 1. The normalized spacial score (nSPS) is 16.2. The molecular weight excluding hydrogens is 324 g/mol. The lowest BCUT2D eigenvalue weighted by molar-refractivity contribution is -0.123. The molecule has 3 rings (SSSR count). The summed E-state index contributed by atoms with van der Waals surface area (Å²) >= 11 is 0. The number of methoxy groups -OCH3 is 1. The highest BCUT2D eigenvalue weighted by atomic mass is 16.5. The van der Waals surface area contributed by atoms with Crippen molar-refractivity contribution >= 4 is 5.91 Å². The molecule has 2 unspecified atom stereocenters. The minimum Gasteiger partial charge on any atom is -0.497 e. The summed E-state index contributed by atoms with van der Waals surface area (Å²) < 4.78 is 5.24. The van der Waals surface area contributed by atoms with Crippen molar-refractivity contribution in [2.24, 2.45) is 5.92 Å². The Bertz CT molecular complexity index is 709. The van der Waals surface area contributed by atoms with Gasteiger partial charge in [0, 0.05) is 6.54 Å². The number of nitrogens with one attached hydrogen (secondary N) is 1. The van der Waals surface area contributed by atoms with E-state index in [1.807, 2.05) is 44.4 Å². The van der Waals surface area contributed by atoms with E-state index in [9.17, 15) is 4.79 Å². The van der Waals surface area contributed by atoms with Gasteiger partial charge in [-0.3, -0.25) is 4.79 Å². The van der Waals surface area contributed by atoms with Crippen LogP contribution in [0.4, 0.5) is 0 Å². The van der Waals surface area contributed by atoms with E-state index in [0.29, 0.717) is 12.5 Å². The van der Waals surface area contributed by atoms with Gasteiger partial charge in [-0.2, -0.15) is 0 Å². The lowest BCUT2D eigenvalue weighted by atomic mass is 9.93. The minimum atomic E-state index is -0.0325. The van der Waals surface area contributed by atoms with Crippen molar-refractivity contribution < 1.29 is 9.53 Å². The molecule has 138 valence electrons. The van der Waals surface area contributed by atoms with Crippen LogP contribution in [-0.4, -0.2) is 38.6 Å². The van der Waals surface area contributed by atoms with Gasteiger partial charge in [0.15, 0.2) is 0 Å². The van der Waals surface area contributed by atoms with Gasteiger partial charge in [-0.05, 0) is 56.1 Å². The third-order valence-corrected chi connectivity index (χ3v) is 5.13. The molecule has 0 bridgehead atoms. The number of ether oxygens (including phenoxy) is 1. The predicted octanol–water partition coefficient (Wildman–Crippen LogP) is 3.61. The van der Waals surface area contributed by atoms with Gasteiger partial charge in [0.2, 0.25) is 5.91 Å². The van der Waals surface area contributed by atoms with Crippen molar-refractivity contribution in [1.82, 2.24) is 10.2 Å². The SMILES string of the molecule is COc1ccc(C(CNC(=O)C(c2ccccc2)C2CC2)N(C)C)cc1. The lowest BCUT2D eigenvalue weighted by Gasteiger charge is -2.26. The third-order valence-electron chi connectivity index (χ3n) is 5.13. The lowest BCUT2D eigenvalue weighted by Crippen LogP contribution is -2.37. The molecule has 4 heteroatoms. The van der Waals surface area contributed by atoms with Crippen molar-refractivity contribution in [3.05, 3.63) is 65.7 Å². The van der Waals surface area contributed by atoms with Crippen molar-refractivity contribution in [3.8, 4) is 5.75 Å². The molecule has 0 aromatic heterocycles. The Morgan fingerprint density at radius 3 is 2.27 bits per heavy atom. The fourth-order valence-corrected chi connectivity index (χ4v) is 3.46. The number of carbonyl (C=O) groups excluding carboxylic acids is 1. The number of rotatable bonds is 8. The van der Waals surface area contributed by atoms with Gasteiger partial charge in [-0.15, -0.1) is 0 Å². The number of nitrogens with zero attached hydrogens (tertiary/aromatic N) is 1. The number of hydrogen-bond acceptors (Lipinski definition) is 3. The molecule has 0 aliphatic heterocycles. The molecule has 1 N–H and O–H groups in total. The number of benzene rings is 2. The average molecular weight is 352 g/mol. The summed E-state index contributed by atoms with van der Waals surface area (Å²) in [6.45, 7) is 0.591. The third kappa shape index (κ3) is 4.44. The van der Waals surface area contributed by atoms with Crippen molar-refractivity contribution in [2.45, 2.75) is 24.8 Å². The van der Waals surface area contributed by atoms with Crippen LogP contribution in [0.2, 0.25) is 0 Å². The second kappa shape index (κ2) is 8.37. The Hall–Kier alpha value is -2.33. The molecule has 0 saturated heterocycles. The molecule has 1 fully saturated rings. The highest BCUT2D eigenvalue weighted by Crippen LogP contribution is 2.42. The predicted molar refractivity (Wildman–Crippen MR) is 104 cm³/mol. The van der Waals surface area contributed by atoms with Crippen LogP contribution in [0.25, 0.3) is 0 Å². The van der Waals surface area contributed by atoms with Crippen LogP contribution in [0.1, 0.15) is 35.9 Å². The van der Waals surface area contributed by atoms with Crippen LogP contribution in [0.15, 0.2) is 54.6 Å². The first-order chi connectivity index (χ1) is 12.6. The first-order valence-electron chi connectivity index (χ1n) is 9.23. The van der Waals surface area contributed by atoms with Crippen LogP contribution in [-0.2, 0) is 4.79 Å². The minimum absolute atomic E-state index is 0.0325. The summed E-state index contributed by atoms with van der Waals surface area (Å²) in [5, 5.41) is 3.20. The smallest absolute Gasteiger partial charge is 0.227 e. The molecule has 0 heterocycles. The molecule has 0 spiro atoms. The van der Waals surface area contributed by atoms with Gasteiger partial charge < -0.3 is 15.0 Å². The molecule has 1 amide bonds. The Balaban J connectivity index is 1.68. The molecule has 4 nitrogen and oxygen atoms in total. The van der Waals surface area contributed by atoms with Gasteiger partial charge in [-0.1, -0.05) is 42.5 Å². The second-order valence-corrected chi connectivity index (χ2v) is 7.22. The zero-order valence-electron chi connectivity index (χ0n) is 15.8. The molecule has 2 aromatic rings. The van der Waals surface area contributed by atoms with Gasteiger partial charge in [0.25, 0.3) is 0 Å². The zero-order valence-corrected chi connectivity index (χ0v) is 15.8. The van der Waals surface area contributed by atoms with Crippen LogP contribution in [0, 0.1) is 5.92 Å². The van der Waals surface area contributed by atoms with Gasteiger partial charge in [-0.25, -0.2) is 0 Å². The van der Waals surface area contributed by atoms with Crippen molar-refractivity contribution in [3.63, 3.8) is 0 Å². The molecule has 2 aromatic carbocycles. The largest absolute Gasteiger partial charge is 0.497 e. The fraction of sp³-hybridized carbons (Fsp3) is 0.409. The topological polar surface area (TPSA) is 41.6 Å². The van der Waals surface area contributed by atoms with E-state index >= 15 is 0 Å². The van der Waals surface area contributed by atoms with Crippen LogP contribution < -0.4 is 10.1 Å².